The molecule has 0 atom stereocenters. The maximum absolute atomic E-state index is 4.89. The molecule has 132 valence electrons. The summed E-state index contributed by atoms with van der Waals surface area (Å²) in [5, 5.41) is 11.6. The van der Waals surface area contributed by atoms with Gasteiger partial charge < -0.3 is 14.7 Å². The number of rotatable bonds is 4. The minimum Gasteiger partial charge on any atom is -0.364 e. The van der Waals surface area contributed by atoms with E-state index < -0.39 is 0 Å². The van der Waals surface area contributed by atoms with Crippen molar-refractivity contribution in [3.63, 3.8) is 0 Å². The Bertz CT molecular complexity index is 632. The van der Waals surface area contributed by atoms with Crippen LogP contribution in [0.25, 0.3) is 0 Å². The Morgan fingerprint density at radius 2 is 2.08 bits per heavy atom. The van der Waals surface area contributed by atoms with Gasteiger partial charge in [0.1, 0.15) is 6.26 Å². The lowest BCUT2D eigenvalue weighted by atomic mass is 10.3. The third kappa shape index (κ3) is 4.69. The molecule has 24 heavy (non-hydrogen) atoms. The zero-order chi connectivity index (χ0) is 16.1. The Balaban J connectivity index is 0.00000208. The summed E-state index contributed by atoms with van der Waals surface area (Å²) in [6.07, 6.45) is 3.43. The number of nitrogens with one attached hydrogen (secondary N) is 1. The number of halogens is 1. The highest BCUT2D eigenvalue weighted by Gasteiger charge is 2.20. The molecule has 3 heterocycles. The lowest BCUT2D eigenvalue weighted by Gasteiger charge is -2.36. The highest BCUT2D eigenvalue weighted by molar-refractivity contribution is 14.0. The van der Waals surface area contributed by atoms with Gasteiger partial charge in [0, 0.05) is 59.1 Å². The first-order chi connectivity index (χ1) is 11.3. The van der Waals surface area contributed by atoms with Crippen molar-refractivity contribution >= 4 is 29.9 Å². The maximum atomic E-state index is 4.89. The van der Waals surface area contributed by atoms with Gasteiger partial charge in [0.05, 0.1) is 17.9 Å². The van der Waals surface area contributed by atoms with E-state index in [2.05, 4.69) is 30.4 Å². The zero-order valence-corrected chi connectivity index (χ0v) is 16.4. The van der Waals surface area contributed by atoms with Gasteiger partial charge in [-0.1, -0.05) is 5.16 Å². The number of piperazine rings is 1. The van der Waals surface area contributed by atoms with Gasteiger partial charge in [0.2, 0.25) is 0 Å². The van der Waals surface area contributed by atoms with Crippen molar-refractivity contribution in [2.24, 2.45) is 12.0 Å². The van der Waals surface area contributed by atoms with Gasteiger partial charge in [-0.2, -0.15) is 5.10 Å². The number of hydrogen-bond acceptors (Lipinski definition) is 5. The quantitative estimate of drug-likeness (QED) is 0.429. The van der Waals surface area contributed by atoms with Crippen LogP contribution in [-0.2, 0) is 20.1 Å². The summed E-state index contributed by atoms with van der Waals surface area (Å²) < 4.78 is 6.76. The Labute approximate surface area is 158 Å². The van der Waals surface area contributed by atoms with E-state index >= 15 is 0 Å². The van der Waals surface area contributed by atoms with Crippen LogP contribution >= 0.6 is 24.0 Å². The summed E-state index contributed by atoms with van der Waals surface area (Å²) in [7, 11) is 3.77. The molecule has 0 bridgehead atoms. The molecule has 0 spiro atoms. The summed E-state index contributed by atoms with van der Waals surface area (Å²) in [6, 6.07) is 3.93. The Kier molecular flexibility index (Phi) is 7.03. The van der Waals surface area contributed by atoms with Crippen LogP contribution in [-0.4, -0.2) is 63.9 Å². The van der Waals surface area contributed by atoms with E-state index in [-0.39, 0.29) is 24.0 Å². The molecule has 8 nitrogen and oxygen atoms in total. The highest BCUT2D eigenvalue weighted by Crippen LogP contribution is 2.07. The van der Waals surface area contributed by atoms with E-state index in [1.54, 1.807) is 6.26 Å². The van der Waals surface area contributed by atoms with Gasteiger partial charge in [0.25, 0.3) is 0 Å². The summed E-state index contributed by atoms with van der Waals surface area (Å²) in [4.78, 5) is 9.06. The van der Waals surface area contributed by atoms with E-state index in [9.17, 15) is 0 Å². The highest BCUT2D eigenvalue weighted by atomic mass is 127. The van der Waals surface area contributed by atoms with E-state index in [4.69, 9.17) is 4.52 Å². The van der Waals surface area contributed by atoms with Crippen LogP contribution < -0.4 is 5.32 Å². The van der Waals surface area contributed by atoms with Crippen molar-refractivity contribution in [1.29, 1.82) is 0 Å². The molecule has 1 saturated heterocycles. The summed E-state index contributed by atoms with van der Waals surface area (Å²) in [6.45, 7) is 5.43. The molecule has 3 rings (SSSR count). The first kappa shape index (κ1) is 18.7. The van der Waals surface area contributed by atoms with E-state index in [1.165, 1.54) is 0 Å². The lowest BCUT2D eigenvalue weighted by Crippen LogP contribution is -2.52. The van der Waals surface area contributed by atoms with Crippen molar-refractivity contribution in [3.8, 4) is 0 Å². The summed E-state index contributed by atoms with van der Waals surface area (Å²) in [5.74, 6) is 0.937. The smallest absolute Gasteiger partial charge is 0.194 e. The lowest BCUT2D eigenvalue weighted by molar-refractivity contribution is 0.169. The molecule has 1 aliphatic heterocycles. The molecule has 0 amide bonds. The van der Waals surface area contributed by atoms with E-state index in [0.717, 1.165) is 56.6 Å². The van der Waals surface area contributed by atoms with Crippen molar-refractivity contribution < 1.29 is 4.52 Å². The van der Waals surface area contributed by atoms with Crippen LogP contribution in [0.2, 0.25) is 0 Å². The minimum absolute atomic E-state index is 0. The van der Waals surface area contributed by atoms with Crippen LogP contribution in [0.4, 0.5) is 0 Å². The fourth-order valence-corrected chi connectivity index (χ4v) is 2.74. The molecular formula is C15H24IN7O. The fourth-order valence-electron chi connectivity index (χ4n) is 2.74. The van der Waals surface area contributed by atoms with Crippen molar-refractivity contribution in [2.75, 3.05) is 33.2 Å². The maximum Gasteiger partial charge on any atom is 0.194 e. The standard InChI is InChI=1S/C15H23N7O.HI/c1-16-15(17-11-14-3-5-18-20(14)2)22-8-6-21(7-9-22)12-13-4-10-23-19-13;/h3-5,10H,6-9,11-12H2,1-2H3,(H,16,17);1H. The van der Waals surface area contributed by atoms with Crippen LogP contribution in [0.15, 0.2) is 34.1 Å². The number of aromatic nitrogens is 3. The molecule has 0 unspecified atom stereocenters. The third-order valence-corrected chi connectivity index (χ3v) is 4.11. The monoisotopic (exact) mass is 445 g/mol. The molecule has 0 aliphatic carbocycles. The molecule has 0 radical (unpaired) electrons. The number of aliphatic imine (C=N–C) groups is 1. The fraction of sp³-hybridized carbons (Fsp3) is 0.533. The first-order valence-corrected chi connectivity index (χ1v) is 7.80. The van der Waals surface area contributed by atoms with E-state index in [0.29, 0.717) is 0 Å². The van der Waals surface area contributed by atoms with Gasteiger partial charge in [-0.05, 0) is 6.07 Å². The van der Waals surface area contributed by atoms with Gasteiger partial charge in [0.15, 0.2) is 5.96 Å². The molecule has 2 aromatic heterocycles. The first-order valence-electron chi connectivity index (χ1n) is 7.80. The number of nitrogens with zero attached hydrogens (tertiary/aromatic N) is 6. The van der Waals surface area contributed by atoms with Gasteiger partial charge >= 0.3 is 0 Å². The number of hydrogen-bond donors (Lipinski definition) is 1. The predicted octanol–water partition coefficient (Wildman–Crippen LogP) is 0.919. The molecule has 0 saturated carbocycles. The number of guanidine groups is 1. The minimum atomic E-state index is 0. The van der Waals surface area contributed by atoms with Gasteiger partial charge in [-0.3, -0.25) is 14.6 Å². The summed E-state index contributed by atoms with van der Waals surface area (Å²) in [5.41, 5.74) is 2.12. The molecule has 2 aromatic rings. The average molecular weight is 445 g/mol. The molecule has 9 heteroatoms. The van der Waals surface area contributed by atoms with E-state index in [1.807, 2.05) is 37.1 Å². The molecule has 1 N–H and O–H groups in total. The van der Waals surface area contributed by atoms with Crippen molar-refractivity contribution in [3.05, 3.63) is 36.0 Å². The topological polar surface area (TPSA) is 74.7 Å². The molecule has 1 aliphatic rings. The SMILES string of the molecule is CN=C(NCc1ccnn1C)N1CCN(Cc2ccon2)CC1.I. The number of aryl methyl sites for hydroxylation is 1. The largest absolute Gasteiger partial charge is 0.364 e. The molecule has 0 aromatic carbocycles. The Morgan fingerprint density at radius 1 is 1.29 bits per heavy atom. The van der Waals surface area contributed by atoms with Crippen LogP contribution in [0.1, 0.15) is 11.4 Å². The Hall–Kier alpha value is -1.62. The molecule has 1 fully saturated rings. The van der Waals surface area contributed by atoms with Crippen molar-refractivity contribution in [2.45, 2.75) is 13.1 Å². The third-order valence-electron chi connectivity index (χ3n) is 4.11. The zero-order valence-electron chi connectivity index (χ0n) is 14.1. The second-order valence-electron chi connectivity index (χ2n) is 5.60. The van der Waals surface area contributed by atoms with Crippen LogP contribution in [0, 0.1) is 0 Å². The average Bonchev–Trinajstić information content (AvgIpc) is 3.21. The normalized spacial score (nSPS) is 16.1. The van der Waals surface area contributed by atoms with Crippen molar-refractivity contribution in [1.82, 2.24) is 30.1 Å². The Morgan fingerprint density at radius 3 is 2.67 bits per heavy atom. The van der Waals surface area contributed by atoms with Crippen LogP contribution in [0.5, 0.6) is 0 Å². The van der Waals surface area contributed by atoms with Gasteiger partial charge in [-0.25, -0.2) is 0 Å². The summed E-state index contributed by atoms with van der Waals surface area (Å²) >= 11 is 0. The molecular weight excluding hydrogens is 421 g/mol. The second-order valence-corrected chi connectivity index (χ2v) is 5.60. The van der Waals surface area contributed by atoms with Gasteiger partial charge in [-0.15, -0.1) is 24.0 Å². The predicted molar refractivity (Wildman–Crippen MR) is 102 cm³/mol. The van der Waals surface area contributed by atoms with Crippen LogP contribution in [0.3, 0.4) is 0 Å². The second kappa shape index (κ2) is 9.02.